The molecule has 3 N–H and O–H groups in total. The smallest absolute Gasteiger partial charge is 0.244 e. The number of aromatic amines is 1. The topological polar surface area (TPSA) is 95.1 Å². The van der Waals surface area contributed by atoms with E-state index in [1.54, 1.807) is 13.8 Å². The Bertz CT molecular complexity index is 511. The molecule has 1 heterocycles. The largest absolute Gasteiger partial charge is 0.393 e. The van der Waals surface area contributed by atoms with Crippen LogP contribution in [0, 0.1) is 19.8 Å². The first-order valence-electron chi connectivity index (χ1n) is 6.59. The molecule has 0 spiro atoms. The fourth-order valence-corrected chi connectivity index (χ4v) is 4.07. The monoisotopic (exact) mass is 287 g/mol. The molecule has 1 aromatic rings. The van der Waals surface area contributed by atoms with E-state index in [0.29, 0.717) is 23.9 Å². The van der Waals surface area contributed by atoms with Crippen molar-refractivity contribution in [3.8, 4) is 0 Å². The quantitative estimate of drug-likeness (QED) is 0.765. The number of nitrogens with one attached hydrogen (secondary N) is 2. The molecule has 7 heteroatoms. The fourth-order valence-electron chi connectivity index (χ4n) is 2.59. The van der Waals surface area contributed by atoms with Gasteiger partial charge < -0.3 is 5.11 Å². The van der Waals surface area contributed by atoms with Gasteiger partial charge in [0.05, 0.1) is 17.5 Å². The summed E-state index contributed by atoms with van der Waals surface area (Å²) in [6.45, 7) is 3.81. The Balaban J connectivity index is 1.99. The lowest BCUT2D eigenvalue weighted by molar-refractivity contribution is 0.109. The summed E-state index contributed by atoms with van der Waals surface area (Å²) in [6.07, 6.45) is 3.04. The highest BCUT2D eigenvalue weighted by atomic mass is 32.2. The minimum atomic E-state index is -3.50. The molecule has 1 aromatic heterocycles. The molecule has 0 saturated heterocycles. The van der Waals surface area contributed by atoms with Gasteiger partial charge in [-0.05, 0) is 45.4 Å². The Morgan fingerprint density at radius 3 is 2.47 bits per heavy atom. The van der Waals surface area contributed by atoms with Crippen LogP contribution in [-0.4, -0.2) is 36.4 Å². The van der Waals surface area contributed by atoms with Crippen LogP contribution in [0.3, 0.4) is 0 Å². The molecule has 0 amide bonds. The van der Waals surface area contributed by atoms with Crippen LogP contribution in [0.2, 0.25) is 0 Å². The summed E-state index contributed by atoms with van der Waals surface area (Å²) in [5.41, 5.74) is 1.05. The van der Waals surface area contributed by atoms with Crippen molar-refractivity contribution >= 4 is 10.0 Å². The second-order valence-corrected chi connectivity index (χ2v) is 6.99. The molecule has 1 aliphatic rings. The maximum atomic E-state index is 12.2. The molecular formula is C12H21N3O3S. The average molecular weight is 287 g/mol. The summed E-state index contributed by atoms with van der Waals surface area (Å²) in [7, 11) is -3.50. The van der Waals surface area contributed by atoms with Crippen LogP contribution in [0.4, 0.5) is 0 Å². The molecule has 108 valence electrons. The number of rotatable bonds is 4. The van der Waals surface area contributed by atoms with E-state index in [1.165, 1.54) is 0 Å². The average Bonchev–Trinajstić information content (AvgIpc) is 2.69. The summed E-state index contributed by atoms with van der Waals surface area (Å²) in [5, 5.41) is 16.0. The molecule has 6 nitrogen and oxygen atoms in total. The third-order valence-corrected chi connectivity index (χ3v) is 5.39. The zero-order chi connectivity index (χ0) is 14.0. The van der Waals surface area contributed by atoms with E-state index in [4.69, 9.17) is 0 Å². The molecular weight excluding hydrogens is 266 g/mol. The Morgan fingerprint density at radius 2 is 1.95 bits per heavy atom. The number of sulfonamides is 1. The van der Waals surface area contributed by atoms with E-state index in [0.717, 1.165) is 25.7 Å². The Labute approximate surface area is 113 Å². The predicted octanol–water partition coefficient (Wildman–Crippen LogP) is 0.856. The number of H-pyrrole nitrogens is 1. The van der Waals surface area contributed by atoms with Gasteiger partial charge in [0.25, 0.3) is 0 Å². The lowest BCUT2D eigenvalue weighted by Crippen LogP contribution is -2.32. The number of aliphatic hydroxyl groups is 1. The normalized spacial score (nSPS) is 24.6. The van der Waals surface area contributed by atoms with Gasteiger partial charge in [-0.1, -0.05) is 0 Å². The molecule has 1 saturated carbocycles. The zero-order valence-corrected chi connectivity index (χ0v) is 12.1. The molecule has 19 heavy (non-hydrogen) atoms. The molecule has 0 atom stereocenters. The van der Waals surface area contributed by atoms with Gasteiger partial charge in [0.15, 0.2) is 0 Å². The number of hydrogen-bond acceptors (Lipinski definition) is 4. The van der Waals surface area contributed by atoms with Gasteiger partial charge in [0, 0.05) is 6.54 Å². The van der Waals surface area contributed by atoms with E-state index < -0.39 is 10.0 Å². The van der Waals surface area contributed by atoms with Crippen LogP contribution in [0.1, 0.15) is 37.1 Å². The Hall–Kier alpha value is -0.920. The Kier molecular flexibility index (Phi) is 4.27. The number of hydrogen-bond donors (Lipinski definition) is 3. The second kappa shape index (κ2) is 5.60. The van der Waals surface area contributed by atoms with E-state index in [-0.39, 0.29) is 11.0 Å². The third-order valence-electron chi connectivity index (χ3n) is 3.71. The number of aromatic nitrogens is 2. The zero-order valence-electron chi connectivity index (χ0n) is 11.3. The minimum Gasteiger partial charge on any atom is -0.393 e. The van der Waals surface area contributed by atoms with Gasteiger partial charge in [-0.2, -0.15) is 5.10 Å². The highest BCUT2D eigenvalue weighted by Gasteiger charge is 2.25. The number of nitrogens with zero attached hydrogens (tertiary/aromatic N) is 1. The van der Waals surface area contributed by atoms with E-state index in [1.807, 2.05) is 0 Å². The molecule has 0 unspecified atom stereocenters. The van der Waals surface area contributed by atoms with Gasteiger partial charge in [0.1, 0.15) is 4.90 Å². The minimum absolute atomic E-state index is 0.216. The van der Waals surface area contributed by atoms with E-state index in [2.05, 4.69) is 14.9 Å². The van der Waals surface area contributed by atoms with Crippen molar-refractivity contribution in [1.29, 1.82) is 0 Å². The SMILES string of the molecule is Cc1n[nH]c(C)c1S(=O)(=O)NCC1CCC(O)CC1. The maximum absolute atomic E-state index is 12.2. The van der Waals surface area contributed by atoms with Gasteiger partial charge in [-0.15, -0.1) is 0 Å². The number of aryl methyl sites for hydroxylation is 2. The van der Waals surface area contributed by atoms with E-state index in [9.17, 15) is 13.5 Å². The Morgan fingerprint density at radius 1 is 1.32 bits per heavy atom. The van der Waals surface area contributed by atoms with Crippen molar-refractivity contribution < 1.29 is 13.5 Å². The maximum Gasteiger partial charge on any atom is 0.244 e. The molecule has 0 bridgehead atoms. The standard InChI is InChI=1S/C12H21N3O3S/c1-8-12(9(2)15-14-8)19(17,18)13-7-10-3-5-11(16)6-4-10/h10-11,13,16H,3-7H2,1-2H3,(H,14,15). The van der Waals surface area contributed by atoms with Crippen molar-refractivity contribution in [1.82, 2.24) is 14.9 Å². The van der Waals surface area contributed by atoms with Crippen LogP contribution in [-0.2, 0) is 10.0 Å². The molecule has 0 aliphatic heterocycles. The summed E-state index contributed by atoms with van der Waals surface area (Å²) in [5.74, 6) is 0.311. The molecule has 1 aliphatic carbocycles. The van der Waals surface area contributed by atoms with Crippen molar-refractivity contribution in [2.24, 2.45) is 5.92 Å². The van der Waals surface area contributed by atoms with Crippen LogP contribution < -0.4 is 4.72 Å². The first kappa shape index (κ1) is 14.5. The molecule has 0 radical (unpaired) electrons. The van der Waals surface area contributed by atoms with Gasteiger partial charge in [-0.25, -0.2) is 13.1 Å². The highest BCUT2D eigenvalue weighted by molar-refractivity contribution is 7.89. The summed E-state index contributed by atoms with van der Waals surface area (Å²) < 4.78 is 27.1. The third kappa shape index (κ3) is 3.34. The van der Waals surface area contributed by atoms with Crippen molar-refractivity contribution in [3.05, 3.63) is 11.4 Å². The lowest BCUT2D eigenvalue weighted by atomic mass is 9.88. The molecule has 2 rings (SSSR count). The van der Waals surface area contributed by atoms with Gasteiger partial charge in [0.2, 0.25) is 10.0 Å². The second-order valence-electron chi connectivity index (χ2n) is 5.29. The highest BCUT2D eigenvalue weighted by Crippen LogP contribution is 2.24. The number of aliphatic hydroxyl groups excluding tert-OH is 1. The van der Waals surface area contributed by atoms with E-state index >= 15 is 0 Å². The van der Waals surface area contributed by atoms with Crippen molar-refractivity contribution in [3.63, 3.8) is 0 Å². The summed E-state index contributed by atoms with van der Waals surface area (Å²) in [6, 6.07) is 0. The van der Waals surface area contributed by atoms with Crippen LogP contribution in [0.15, 0.2) is 4.90 Å². The lowest BCUT2D eigenvalue weighted by Gasteiger charge is -2.25. The fraction of sp³-hybridized carbons (Fsp3) is 0.750. The van der Waals surface area contributed by atoms with Gasteiger partial charge >= 0.3 is 0 Å². The van der Waals surface area contributed by atoms with Crippen LogP contribution in [0.25, 0.3) is 0 Å². The predicted molar refractivity (Wildman–Crippen MR) is 71.2 cm³/mol. The van der Waals surface area contributed by atoms with Gasteiger partial charge in [-0.3, -0.25) is 5.10 Å². The summed E-state index contributed by atoms with van der Waals surface area (Å²) >= 11 is 0. The first-order chi connectivity index (χ1) is 8.90. The van der Waals surface area contributed by atoms with Crippen LogP contribution >= 0.6 is 0 Å². The van der Waals surface area contributed by atoms with Crippen molar-refractivity contribution in [2.45, 2.75) is 50.5 Å². The summed E-state index contributed by atoms with van der Waals surface area (Å²) in [4.78, 5) is 0.253. The molecule has 0 aromatic carbocycles. The molecule has 1 fully saturated rings. The first-order valence-corrected chi connectivity index (χ1v) is 8.07. The van der Waals surface area contributed by atoms with Crippen molar-refractivity contribution in [2.75, 3.05) is 6.54 Å². The van der Waals surface area contributed by atoms with Crippen LogP contribution in [0.5, 0.6) is 0 Å².